The van der Waals surface area contributed by atoms with Crippen LogP contribution in [0.15, 0.2) is 28.9 Å². The highest BCUT2D eigenvalue weighted by atomic mass is 79.9. The van der Waals surface area contributed by atoms with Crippen molar-refractivity contribution in [2.24, 2.45) is 0 Å². The minimum absolute atomic E-state index is 0.366. The molecule has 0 aliphatic carbocycles. The van der Waals surface area contributed by atoms with Crippen molar-refractivity contribution in [1.29, 1.82) is 0 Å². The molecule has 0 aliphatic rings. The van der Waals surface area contributed by atoms with Crippen molar-refractivity contribution in [3.8, 4) is 0 Å². The molecule has 0 saturated heterocycles. The second-order valence-electron chi connectivity index (χ2n) is 3.46. The molecule has 82 valence electrons. The third-order valence-electron chi connectivity index (χ3n) is 2.46. The van der Waals surface area contributed by atoms with Gasteiger partial charge in [-0.3, -0.25) is 4.98 Å². The average molecular weight is 280 g/mol. The van der Waals surface area contributed by atoms with Crippen LogP contribution in [0, 0.1) is 6.92 Å². The van der Waals surface area contributed by atoms with Gasteiger partial charge in [-0.1, -0.05) is 22.0 Å². The summed E-state index contributed by atoms with van der Waals surface area (Å²) in [7, 11) is 1.36. The Morgan fingerprint density at radius 1 is 1.44 bits per heavy atom. The maximum absolute atomic E-state index is 11.3. The monoisotopic (exact) mass is 279 g/mol. The first-order chi connectivity index (χ1) is 7.63. The molecule has 0 fully saturated rings. The van der Waals surface area contributed by atoms with Gasteiger partial charge >= 0.3 is 5.97 Å². The van der Waals surface area contributed by atoms with Crippen molar-refractivity contribution in [3.05, 3.63) is 40.0 Å². The number of carbonyl (C=O) groups excluding carboxylic acids is 1. The van der Waals surface area contributed by atoms with Crippen LogP contribution >= 0.6 is 15.9 Å². The van der Waals surface area contributed by atoms with E-state index in [-0.39, 0.29) is 5.97 Å². The number of aromatic nitrogens is 1. The Hall–Kier alpha value is -1.42. The van der Waals surface area contributed by atoms with Gasteiger partial charge in [0.05, 0.1) is 18.2 Å². The molecule has 0 radical (unpaired) electrons. The molecule has 0 aliphatic heterocycles. The van der Waals surface area contributed by atoms with Crippen LogP contribution < -0.4 is 0 Å². The van der Waals surface area contributed by atoms with Gasteiger partial charge in [-0.05, 0) is 24.6 Å². The Labute approximate surface area is 102 Å². The van der Waals surface area contributed by atoms with E-state index in [2.05, 4.69) is 25.7 Å². The zero-order valence-electron chi connectivity index (χ0n) is 8.95. The number of halogens is 1. The van der Waals surface area contributed by atoms with Crippen LogP contribution in [0.5, 0.6) is 0 Å². The molecule has 3 nitrogen and oxygen atoms in total. The number of pyridine rings is 1. The molecule has 4 heteroatoms. The number of carbonyl (C=O) groups is 1. The second kappa shape index (κ2) is 4.22. The summed E-state index contributed by atoms with van der Waals surface area (Å²) in [6.45, 7) is 1.98. The number of fused-ring (bicyclic) bond motifs is 1. The topological polar surface area (TPSA) is 39.2 Å². The maximum atomic E-state index is 11.3. The van der Waals surface area contributed by atoms with Gasteiger partial charge in [0.15, 0.2) is 0 Å². The first kappa shape index (κ1) is 11.1. The number of hydrogen-bond donors (Lipinski definition) is 0. The molecule has 0 N–H and O–H groups in total. The van der Waals surface area contributed by atoms with Crippen molar-refractivity contribution in [1.82, 2.24) is 4.98 Å². The molecule has 2 aromatic rings. The van der Waals surface area contributed by atoms with Gasteiger partial charge in [0.25, 0.3) is 0 Å². The lowest BCUT2D eigenvalue weighted by molar-refractivity contribution is 0.0600. The fourth-order valence-electron chi connectivity index (χ4n) is 1.55. The first-order valence-corrected chi connectivity index (χ1v) is 5.56. The van der Waals surface area contributed by atoms with Crippen molar-refractivity contribution in [2.75, 3.05) is 7.11 Å². The standard InChI is InChI=1S/C12H10BrNO2/c1-7-10(13)4-3-8-5-9(12(15)16-2)6-14-11(7)8/h3-6H,1-2H3. The maximum Gasteiger partial charge on any atom is 0.339 e. The third kappa shape index (κ3) is 1.80. The number of rotatable bonds is 1. The number of benzene rings is 1. The summed E-state index contributed by atoms with van der Waals surface area (Å²) in [4.78, 5) is 15.6. The molecule has 0 saturated carbocycles. The molecule has 2 rings (SSSR count). The Balaban J connectivity index is 2.65. The smallest absolute Gasteiger partial charge is 0.339 e. The summed E-state index contributed by atoms with van der Waals surface area (Å²) < 4.78 is 5.66. The van der Waals surface area contributed by atoms with Crippen LogP contribution in [0.3, 0.4) is 0 Å². The molecule has 0 bridgehead atoms. The Bertz CT molecular complexity index is 566. The predicted molar refractivity (Wildman–Crippen MR) is 65.5 cm³/mol. The Morgan fingerprint density at radius 3 is 2.88 bits per heavy atom. The number of nitrogens with zero attached hydrogens (tertiary/aromatic N) is 1. The first-order valence-electron chi connectivity index (χ1n) is 4.76. The number of esters is 1. The zero-order valence-corrected chi connectivity index (χ0v) is 10.5. The molecule has 0 atom stereocenters. The Morgan fingerprint density at radius 2 is 2.19 bits per heavy atom. The van der Waals surface area contributed by atoms with Crippen LogP contribution in [0.2, 0.25) is 0 Å². The number of methoxy groups -OCH3 is 1. The van der Waals surface area contributed by atoms with Gasteiger partial charge in [-0.25, -0.2) is 4.79 Å². The summed E-state index contributed by atoms with van der Waals surface area (Å²) in [6, 6.07) is 5.65. The quantitative estimate of drug-likeness (QED) is 0.753. The van der Waals surface area contributed by atoms with Crippen molar-refractivity contribution in [3.63, 3.8) is 0 Å². The van der Waals surface area contributed by atoms with E-state index in [1.165, 1.54) is 13.3 Å². The average Bonchev–Trinajstić information content (AvgIpc) is 2.32. The van der Waals surface area contributed by atoms with Crippen LogP contribution in [0.1, 0.15) is 15.9 Å². The SMILES string of the molecule is COC(=O)c1cnc2c(C)c(Br)ccc2c1. The van der Waals surface area contributed by atoms with Crippen LogP contribution in [-0.2, 0) is 4.74 Å². The number of hydrogen-bond acceptors (Lipinski definition) is 3. The van der Waals surface area contributed by atoms with Gasteiger partial charge < -0.3 is 4.74 Å². The van der Waals surface area contributed by atoms with Gasteiger partial charge in [-0.15, -0.1) is 0 Å². The highest BCUT2D eigenvalue weighted by Crippen LogP contribution is 2.24. The minimum Gasteiger partial charge on any atom is -0.465 e. The van der Waals surface area contributed by atoms with E-state index < -0.39 is 0 Å². The van der Waals surface area contributed by atoms with Gasteiger partial charge in [0.2, 0.25) is 0 Å². The molecule has 1 aromatic heterocycles. The van der Waals surface area contributed by atoms with E-state index in [9.17, 15) is 4.79 Å². The third-order valence-corrected chi connectivity index (χ3v) is 3.32. The summed E-state index contributed by atoms with van der Waals surface area (Å²) in [5, 5.41) is 0.934. The molecule has 1 heterocycles. The highest BCUT2D eigenvalue weighted by molar-refractivity contribution is 9.10. The van der Waals surface area contributed by atoms with E-state index >= 15 is 0 Å². The molecular formula is C12H10BrNO2. The van der Waals surface area contributed by atoms with E-state index in [1.807, 2.05) is 19.1 Å². The summed E-state index contributed by atoms with van der Waals surface area (Å²) in [5.74, 6) is -0.366. The molecule has 16 heavy (non-hydrogen) atoms. The molecule has 0 unspecified atom stereocenters. The highest BCUT2D eigenvalue weighted by Gasteiger charge is 2.08. The number of ether oxygens (including phenoxy) is 1. The zero-order chi connectivity index (χ0) is 11.7. The fraction of sp³-hybridized carbons (Fsp3) is 0.167. The summed E-state index contributed by atoms with van der Waals surface area (Å²) in [6.07, 6.45) is 1.54. The predicted octanol–water partition coefficient (Wildman–Crippen LogP) is 3.09. The van der Waals surface area contributed by atoms with Crippen molar-refractivity contribution >= 4 is 32.8 Å². The lowest BCUT2D eigenvalue weighted by Gasteiger charge is -2.05. The van der Waals surface area contributed by atoms with Crippen LogP contribution in [0.4, 0.5) is 0 Å². The van der Waals surface area contributed by atoms with E-state index in [0.29, 0.717) is 5.56 Å². The summed E-state index contributed by atoms with van der Waals surface area (Å²) in [5.41, 5.74) is 2.42. The second-order valence-corrected chi connectivity index (χ2v) is 4.31. The Kier molecular flexibility index (Phi) is 2.92. The number of aryl methyl sites for hydroxylation is 1. The van der Waals surface area contributed by atoms with Crippen molar-refractivity contribution in [2.45, 2.75) is 6.92 Å². The van der Waals surface area contributed by atoms with Gasteiger partial charge in [-0.2, -0.15) is 0 Å². The lowest BCUT2D eigenvalue weighted by atomic mass is 10.1. The van der Waals surface area contributed by atoms with E-state index in [1.54, 1.807) is 6.07 Å². The normalized spacial score (nSPS) is 10.4. The van der Waals surface area contributed by atoms with E-state index in [0.717, 1.165) is 20.9 Å². The largest absolute Gasteiger partial charge is 0.465 e. The van der Waals surface area contributed by atoms with Gasteiger partial charge in [0.1, 0.15) is 0 Å². The lowest BCUT2D eigenvalue weighted by Crippen LogP contribution is -2.01. The van der Waals surface area contributed by atoms with Crippen LogP contribution in [-0.4, -0.2) is 18.1 Å². The molecular weight excluding hydrogens is 270 g/mol. The molecule has 0 spiro atoms. The van der Waals surface area contributed by atoms with Crippen LogP contribution in [0.25, 0.3) is 10.9 Å². The summed E-state index contributed by atoms with van der Waals surface area (Å²) >= 11 is 3.45. The fourth-order valence-corrected chi connectivity index (χ4v) is 1.87. The van der Waals surface area contributed by atoms with Gasteiger partial charge in [0, 0.05) is 16.1 Å². The molecule has 1 aromatic carbocycles. The minimum atomic E-state index is -0.366. The van der Waals surface area contributed by atoms with E-state index in [4.69, 9.17) is 0 Å². The molecule has 0 amide bonds. The van der Waals surface area contributed by atoms with Crippen molar-refractivity contribution < 1.29 is 9.53 Å².